The van der Waals surface area contributed by atoms with E-state index in [4.69, 9.17) is 14.7 Å². The summed E-state index contributed by atoms with van der Waals surface area (Å²) in [5.74, 6) is 2.94. The summed E-state index contributed by atoms with van der Waals surface area (Å²) in [4.78, 5) is 4.19. The molecule has 1 aromatic heterocycles. The van der Waals surface area contributed by atoms with E-state index in [1.54, 1.807) is 13.3 Å². The molecule has 2 fully saturated rings. The smallest absolute Gasteiger partial charge is 0.179 e. The van der Waals surface area contributed by atoms with Gasteiger partial charge in [0.15, 0.2) is 11.5 Å². The second-order valence-electron chi connectivity index (χ2n) is 5.49. The van der Waals surface area contributed by atoms with E-state index in [0.29, 0.717) is 24.2 Å². The minimum Gasteiger partial charge on any atom is -0.491 e. The maximum Gasteiger partial charge on any atom is 0.179 e. The summed E-state index contributed by atoms with van der Waals surface area (Å²) in [6, 6.07) is 3.95. The van der Waals surface area contributed by atoms with Crippen molar-refractivity contribution in [1.29, 1.82) is 5.26 Å². The molecule has 100 valence electrons. The van der Waals surface area contributed by atoms with Gasteiger partial charge in [-0.2, -0.15) is 5.26 Å². The summed E-state index contributed by atoms with van der Waals surface area (Å²) in [6.45, 7) is 0. The summed E-state index contributed by atoms with van der Waals surface area (Å²) in [5.41, 5.74) is 0.737. The first-order valence-corrected chi connectivity index (χ1v) is 6.86. The highest BCUT2D eigenvalue weighted by atomic mass is 16.5. The fourth-order valence-corrected chi connectivity index (χ4v) is 3.38. The van der Waals surface area contributed by atoms with Crippen molar-refractivity contribution in [2.24, 2.45) is 11.8 Å². The molecular formula is C15H18N2O2. The molecular weight excluding hydrogens is 240 g/mol. The monoisotopic (exact) mass is 258 g/mol. The molecule has 0 spiro atoms. The fourth-order valence-electron chi connectivity index (χ4n) is 3.38. The summed E-state index contributed by atoms with van der Waals surface area (Å²) in [7, 11) is 1.62. The molecule has 4 heteroatoms. The Hall–Kier alpha value is -1.76. The molecule has 2 bridgehead atoms. The Kier molecular flexibility index (Phi) is 3.29. The number of ether oxygens (including phenoxy) is 2. The van der Waals surface area contributed by atoms with Gasteiger partial charge in [-0.15, -0.1) is 0 Å². The molecule has 2 aliphatic carbocycles. The minimum atomic E-state index is 0.303. The lowest BCUT2D eigenvalue weighted by molar-refractivity contribution is 0.133. The van der Waals surface area contributed by atoms with Gasteiger partial charge in [-0.25, -0.2) is 0 Å². The lowest BCUT2D eigenvalue weighted by Crippen LogP contribution is -2.23. The van der Waals surface area contributed by atoms with E-state index in [0.717, 1.165) is 23.8 Å². The third kappa shape index (κ3) is 2.37. The zero-order valence-corrected chi connectivity index (χ0v) is 11.1. The molecule has 3 atom stereocenters. The van der Waals surface area contributed by atoms with Crippen molar-refractivity contribution in [3.8, 4) is 17.6 Å². The highest BCUT2D eigenvalue weighted by Gasteiger charge is 2.41. The zero-order valence-electron chi connectivity index (χ0n) is 11.1. The van der Waals surface area contributed by atoms with E-state index in [-0.39, 0.29) is 0 Å². The first kappa shape index (κ1) is 12.3. The van der Waals surface area contributed by atoms with Crippen molar-refractivity contribution in [2.75, 3.05) is 7.11 Å². The lowest BCUT2D eigenvalue weighted by atomic mass is 9.98. The maximum atomic E-state index is 8.75. The number of aromatic nitrogens is 1. The quantitative estimate of drug-likeness (QED) is 0.833. The number of nitrogens with zero attached hydrogens (tertiary/aromatic N) is 2. The highest BCUT2D eigenvalue weighted by Crippen LogP contribution is 2.46. The highest BCUT2D eigenvalue weighted by molar-refractivity contribution is 5.39. The molecule has 4 nitrogen and oxygen atoms in total. The largest absolute Gasteiger partial charge is 0.491 e. The van der Waals surface area contributed by atoms with Crippen LogP contribution in [0, 0.1) is 23.2 Å². The Balaban J connectivity index is 1.78. The van der Waals surface area contributed by atoms with Crippen LogP contribution in [-0.4, -0.2) is 18.2 Å². The fraction of sp³-hybridized carbons (Fsp3) is 0.600. The molecule has 1 aromatic rings. The molecule has 2 aliphatic rings. The van der Waals surface area contributed by atoms with Gasteiger partial charge >= 0.3 is 0 Å². The van der Waals surface area contributed by atoms with E-state index in [1.807, 2.05) is 6.07 Å². The standard InChI is InChI=1S/C15H18N2O2/c1-18-15-9-17-12(4-5-16)8-14(15)19-13-7-10-2-3-11(13)6-10/h8-11,13H,2-4,6-7H2,1H3. The molecule has 0 radical (unpaired) electrons. The van der Waals surface area contributed by atoms with E-state index in [9.17, 15) is 0 Å². The molecule has 3 rings (SSSR count). The predicted molar refractivity (Wildman–Crippen MR) is 70.0 cm³/mol. The van der Waals surface area contributed by atoms with Gasteiger partial charge < -0.3 is 9.47 Å². The van der Waals surface area contributed by atoms with Crippen LogP contribution in [0.5, 0.6) is 11.5 Å². The van der Waals surface area contributed by atoms with Crippen LogP contribution in [0.15, 0.2) is 12.3 Å². The van der Waals surface area contributed by atoms with Crippen LogP contribution in [0.1, 0.15) is 31.4 Å². The van der Waals surface area contributed by atoms with Gasteiger partial charge in [-0.1, -0.05) is 0 Å². The van der Waals surface area contributed by atoms with Gasteiger partial charge in [0, 0.05) is 6.07 Å². The Labute approximate surface area is 113 Å². The van der Waals surface area contributed by atoms with Gasteiger partial charge in [0.25, 0.3) is 0 Å². The predicted octanol–water partition coefficient (Wildman–Crippen LogP) is 2.72. The van der Waals surface area contributed by atoms with Crippen LogP contribution in [0.2, 0.25) is 0 Å². The first-order valence-electron chi connectivity index (χ1n) is 6.86. The third-order valence-electron chi connectivity index (χ3n) is 4.32. The molecule has 0 N–H and O–H groups in total. The summed E-state index contributed by atoms with van der Waals surface area (Å²) >= 11 is 0. The van der Waals surface area contributed by atoms with Crippen molar-refractivity contribution in [1.82, 2.24) is 4.98 Å². The topological polar surface area (TPSA) is 55.1 Å². The second-order valence-corrected chi connectivity index (χ2v) is 5.49. The van der Waals surface area contributed by atoms with Gasteiger partial charge in [-0.3, -0.25) is 4.98 Å². The summed E-state index contributed by atoms with van der Waals surface area (Å²) < 4.78 is 11.4. The van der Waals surface area contributed by atoms with Gasteiger partial charge in [-0.05, 0) is 37.5 Å². The Morgan fingerprint density at radius 2 is 2.26 bits per heavy atom. The van der Waals surface area contributed by atoms with Crippen molar-refractivity contribution < 1.29 is 9.47 Å². The molecule has 1 heterocycles. The number of nitriles is 1. The van der Waals surface area contributed by atoms with Crippen molar-refractivity contribution in [3.05, 3.63) is 18.0 Å². The normalized spacial score (nSPS) is 28.1. The molecule has 19 heavy (non-hydrogen) atoms. The van der Waals surface area contributed by atoms with Crippen LogP contribution in [0.25, 0.3) is 0 Å². The Morgan fingerprint density at radius 3 is 2.89 bits per heavy atom. The van der Waals surface area contributed by atoms with E-state index < -0.39 is 0 Å². The Morgan fingerprint density at radius 1 is 1.37 bits per heavy atom. The van der Waals surface area contributed by atoms with E-state index in [2.05, 4.69) is 11.1 Å². The summed E-state index contributed by atoms with van der Waals surface area (Å²) in [6.07, 6.45) is 7.37. The number of hydrogen-bond acceptors (Lipinski definition) is 4. The third-order valence-corrected chi connectivity index (χ3v) is 4.32. The molecule has 0 aromatic carbocycles. The molecule has 3 unspecified atom stereocenters. The average molecular weight is 258 g/mol. The van der Waals surface area contributed by atoms with Gasteiger partial charge in [0.1, 0.15) is 6.10 Å². The average Bonchev–Trinajstić information content (AvgIpc) is 3.02. The number of methoxy groups -OCH3 is 1. The minimum absolute atomic E-state index is 0.303. The lowest BCUT2D eigenvalue weighted by Gasteiger charge is -2.24. The van der Waals surface area contributed by atoms with E-state index in [1.165, 1.54) is 19.3 Å². The summed E-state index contributed by atoms with van der Waals surface area (Å²) in [5, 5.41) is 8.75. The number of rotatable bonds is 4. The maximum absolute atomic E-state index is 8.75. The van der Waals surface area contributed by atoms with Crippen LogP contribution in [-0.2, 0) is 6.42 Å². The number of pyridine rings is 1. The van der Waals surface area contributed by atoms with E-state index >= 15 is 0 Å². The molecule has 2 saturated carbocycles. The molecule has 0 saturated heterocycles. The second kappa shape index (κ2) is 5.08. The van der Waals surface area contributed by atoms with Gasteiger partial charge in [0.2, 0.25) is 0 Å². The van der Waals surface area contributed by atoms with Crippen molar-refractivity contribution in [2.45, 2.75) is 38.2 Å². The van der Waals surface area contributed by atoms with Crippen LogP contribution < -0.4 is 9.47 Å². The van der Waals surface area contributed by atoms with Gasteiger partial charge in [0.05, 0.1) is 31.5 Å². The number of hydrogen-bond donors (Lipinski definition) is 0. The Bertz CT molecular complexity index is 509. The van der Waals surface area contributed by atoms with Crippen molar-refractivity contribution >= 4 is 0 Å². The first-order chi connectivity index (χ1) is 9.30. The molecule has 0 amide bonds. The SMILES string of the molecule is COc1cnc(CC#N)cc1OC1CC2CCC1C2. The number of fused-ring (bicyclic) bond motifs is 2. The van der Waals surface area contributed by atoms with Crippen LogP contribution in [0.3, 0.4) is 0 Å². The molecule has 0 aliphatic heterocycles. The van der Waals surface area contributed by atoms with Crippen LogP contribution in [0.4, 0.5) is 0 Å². The zero-order chi connectivity index (χ0) is 13.2. The van der Waals surface area contributed by atoms with Crippen LogP contribution >= 0.6 is 0 Å². The van der Waals surface area contributed by atoms with Crippen molar-refractivity contribution in [3.63, 3.8) is 0 Å².